The largest absolute Gasteiger partial charge is 0.469 e. The lowest BCUT2D eigenvalue weighted by molar-refractivity contribution is -0.400. The molecule has 0 amide bonds. The zero-order valence-electron chi connectivity index (χ0n) is 36.3. The van der Waals surface area contributed by atoms with Gasteiger partial charge in [-0.05, 0) is 34.1 Å². The molecule has 3 heterocycles. The van der Waals surface area contributed by atoms with Crippen molar-refractivity contribution in [2.75, 3.05) is 26.9 Å². The Hall–Kier alpha value is -4.16. The molecule has 346 valence electrons. The third-order valence-corrected chi connectivity index (χ3v) is 11.6. The average molecular weight is 889 g/mol. The SMILES string of the molecule is COC(=O)CCCCCCCCO[C@H]1O[C@@H]2COC(c3ccccc3)O[C@H]2[C@H](O)[C@H]1O[C@H]1O[C@H](COF)[C@@H](OCc2ccccc2)[C@H](OCc2ccccc2)[C@H]1OCc1ccccc1. The molecule has 13 nitrogen and oxygen atoms in total. The number of aliphatic hydroxyl groups excluding tert-OH is 1. The Labute approximate surface area is 374 Å². The highest BCUT2D eigenvalue weighted by Gasteiger charge is 2.55. The molecule has 7 rings (SSSR count). The first-order chi connectivity index (χ1) is 31.5. The molecule has 3 fully saturated rings. The van der Waals surface area contributed by atoms with E-state index >= 15 is 0 Å². The molecule has 11 atom stereocenters. The quantitative estimate of drug-likeness (QED) is 0.0540. The van der Waals surface area contributed by atoms with E-state index in [1.54, 1.807) is 0 Å². The molecule has 0 spiro atoms. The molecule has 4 aromatic rings. The second-order valence-electron chi connectivity index (χ2n) is 16.2. The minimum Gasteiger partial charge on any atom is -0.469 e. The van der Waals surface area contributed by atoms with E-state index in [0.717, 1.165) is 54.4 Å². The van der Waals surface area contributed by atoms with Crippen LogP contribution >= 0.6 is 0 Å². The van der Waals surface area contributed by atoms with E-state index in [0.29, 0.717) is 19.4 Å². The van der Waals surface area contributed by atoms with Crippen molar-refractivity contribution < 1.29 is 66.7 Å². The maximum Gasteiger partial charge on any atom is 0.305 e. The van der Waals surface area contributed by atoms with E-state index < -0.39 is 74.3 Å². The Morgan fingerprint density at radius 1 is 0.625 bits per heavy atom. The molecule has 0 radical (unpaired) electrons. The topological polar surface area (TPSA) is 139 Å². The predicted octanol–water partition coefficient (Wildman–Crippen LogP) is 7.87. The summed E-state index contributed by atoms with van der Waals surface area (Å²) in [6.07, 6.45) is -5.32. The van der Waals surface area contributed by atoms with Crippen LogP contribution in [0.4, 0.5) is 4.53 Å². The second-order valence-corrected chi connectivity index (χ2v) is 16.2. The number of carbonyl (C=O) groups is 1. The van der Waals surface area contributed by atoms with Gasteiger partial charge < -0.3 is 52.5 Å². The number of fused-ring (bicyclic) bond motifs is 1. The fraction of sp³-hybridized carbons (Fsp3) is 0.500. The Kier molecular flexibility index (Phi) is 19.1. The molecular formula is C50H61FO13. The van der Waals surface area contributed by atoms with Crippen LogP contribution in [0.5, 0.6) is 0 Å². The predicted molar refractivity (Wildman–Crippen MR) is 231 cm³/mol. The lowest BCUT2D eigenvalue weighted by Gasteiger charge is -2.50. The van der Waals surface area contributed by atoms with E-state index in [1.165, 1.54) is 7.11 Å². The van der Waals surface area contributed by atoms with Gasteiger partial charge in [0.1, 0.15) is 55.4 Å². The Morgan fingerprint density at radius 2 is 1.17 bits per heavy atom. The van der Waals surface area contributed by atoms with Crippen molar-refractivity contribution >= 4 is 5.97 Å². The third kappa shape index (κ3) is 13.7. The number of benzene rings is 4. The fourth-order valence-corrected chi connectivity index (χ4v) is 8.21. The van der Waals surface area contributed by atoms with Gasteiger partial charge in [0.05, 0.1) is 33.5 Å². The summed E-state index contributed by atoms with van der Waals surface area (Å²) in [5.41, 5.74) is 3.46. The van der Waals surface area contributed by atoms with Gasteiger partial charge in [0.15, 0.2) is 18.9 Å². The normalized spacial score (nSPS) is 28.0. The van der Waals surface area contributed by atoms with Gasteiger partial charge in [-0.25, -0.2) is 0 Å². The number of ether oxygens (including phenoxy) is 10. The zero-order chi connectivity index (χ0) is 44.4. The number of hydrogen-bond donors (Lipinski definition) is 1. The van der Waals surface area contributed by atoms with E-state index in [2.05, 4.69) is 4.94 Å². The van der Waals surface area contributed by atoms with Gasteiger partial charge in [-0.15, -0.1) is 0 Å². The maximum absolute atomic E-state index is 14.1. The van der Waals surface area contributed by atoms with Crippen molar-refractivity contribution in [1.82, 2.24) is 0 Å². The van der Waals surface area contributed by atoms with E-state index in [1.807, 2.05) is 121 Å². The lowest BCUT2D eigenvalue weighted by Crippen LogP contribution is -2.66. The summed E-state index contributed by atoms with van der Waals surface area (Å²) >= 11 is 0. The van der Waals surface area contributed by atoms with Crippen LogP contribution in [0.1, 0.15) is 73.5 Å². The van der Waals surface area contributed by atoms with Crippen molar-refractivity contribution in [3.05, 3.63) is 144 Å². The monoisotopic (exact) mass is 888 g/mol. The van der Waals surface area contributed by atoms with Crippen LogP contribution in [0.2, 0.25) is 0 Å². The molecule has 3 saturated heterocycles. The Balaban J connectivity index is 1.14. The summed E-state index contributed by atoms with van der Waals surface area (Å²) in [6.45, 7) is 0.416. The van der Waals surface area contributed by atoms with Crippen molar-refractivity contribution in [3.63, 3.8) is 0 Å². The fourth-order valence-electron chi connectivity index (χ4n) is 8.21. The second kappa shape index (κ2) is 25.5. The number of methoxy groups -OCH3 is 1. The van der Waals surface area contributed by atoms with Crippen molar-refractivity contribution in [3.8, 4) is 0 Å². The Bertz CT molecular complexity index is 1900. The number of unbranched alkanes of at least 4 members (excludes halogenated alkanes) is 5. The zero-order valence-corrected chi connectivity index (χ0v) is 36.3. The third-order valence-electron chi connectivity index (χ3n) is 11.6. The molecule has 3 aliphatic heterocycles. The summed E-state index contributed by atoms with van der Waals surface area (Å²) in [4.78, 5) is 15.7. The van der Waals surface area contributed by atoms with Crippen molar-refractivity contribution in [1.29, 1.82) is 0 Å². The minimum atomic E-state index is -1.29. The van der Waals surface area contributed by atoms with Crippen LogP contribution < -0.4 is 0 Å². The summed E-state index contributed by atoms with van der Waals surface area (Å²) in [5.74, 6) is -0.197. The molecule has 0 saturated carbocycles. The summed E-state index contributed by atoms with van der Waals surface area (Å²) in [7, 11) is 1.40. The lowest BCUT2D eigenvalue weighted by atomic mass is 9.96. The van der Waals surface area contributed by atoms with E-state index in [9.17, 15) is 14.4 Å². The maximum atomic E-state index is 14.1. The summed E-state index contributed by atoms with van der Waals surface area (Å²) < 4.78 is 77.8. The van der Waals surface area contributed by atoms with Crippen LogP contribution in [0.25, 0.3) is 0 Å². The van der Waals surface area contributed by atoms with Crippen LogP contribution in [0.3, 0.4) is 0 Å². The number of esters is 1. The van der Waals surface area contributed by atoms with Gasteiger partial charge in [-0.2, -0.15) is 4.94 Å². The van der Waals surface area contributed by atoms with Crippen LogP contribution in [-0.4, -0.2) is 99.4 Å². The summed E-state index contributed by atoms with van der Waals surface area (Å²) in [6, 6.07) is 38.4. The number of carbonyl (C=O) groups excluding carboxylic acids is 1. The molecule has 14 heteroatoms. The molecule has 1 N–H and O–H groups in total. The summed E-state index contributed by atoms with van der Waals surface area (Å²) in [5, 5.41) is 12.3. The molecule has 0 aromatic heterocycles. The highest BCUT2D eigenvalue weighted by molar-refractivity contribution is 5.68. The van der Waals surface area contributed by atoms with Crippen molar-refractivity contribution in [2.24, 2.45) is 0 Å². The van der Waals surface area contributed by atoms with Gasteiger partial charge in [-0.3, -0.25) is 4.79 Å². The highest BCUT2D eigenvalue weighted by Crippen LogP contribution is 2.38. The molecule has 0 aliphatic carbocycles. The minimum absolute atomic E-state index is 0.133. The van der Waals surface area contributed by atoms with E-state index in [-0.39, 0.29) is 32.4 Å². The number of hydrogen-bond acceptors (Lipinski definition) is 13. The van der Waals surface area contributed by atoms with Gasteiger partial charge in [0.25, 0.3) is 0 Å². The van der Waals surface area contributed by atoms with E-state index in [4.69, 9.17) is 47.4 Å². The first-order valence-corrected chi connectivity index (χ1v) is 22.4. The number of halogens is 1. The standard InChI is InChI=1S/C50H61FO13/c1-54-41(52)28-18-4-2-3-5-19-29-55-49-45(42(53)43-39(61-49)33-59-48(63-43)38-26-16-9-17-27-38)64-50-47(58-32-37-24-14-8-15-25-37)46(57-31-36-22-12-7-13-23-36)44(40(62-50)34-60-51)56-30-35-20-10-6-11-21-35/h6-17,20-27,39-40,42-50,53H,2-5,18-19,28-34H2,1H3/t39-,40-,42+,43-,44-,45-,46+,47-,48?,49+,50-/m1/s1. The van der Waals surface area contributed by atoms with Gasteiger partial charge in [0, 0.05) is 18.6 Å². The van der Waals surface area contributed by atoms with Gasteiger partial charge >= 0.3 is 5.97 Å². The molecular weight excluding hydrogens is 828 g/mol. The first-order valence-electron chi connectivity index (χ1n) is 22.4. The molecule has 3 aliphatic rings. The molecule has 0 bridgehead atoms. The Morgan fingerprint density at radius 3 is 1.77 bits per heavy atom. The first kappa shape index (κ1) is 47.8. The molecule has 1 unspecified atom stereocenters. The molecule has 4 aromatic carbocycles. The smallest absolute Gasteiger partial charge is 0.305 e. The van der Waals surface area contributed by atoms with Gasteiger partial charge in [0.2, 0.25) is 0 Å². The average Bonchev–Trinajstić information content (AvgIpc) is 3.34. The van der Waals surface area contributed by atoms with Crippen molar-refractivity contribution in [2.45, 2.75) is 132 Å². The van der Waals surface area contributed by atoms with Crippen LogP contribution in [-0.2, 0) is 76.9 Å². The van der Waals surface area contributed by atoms with Gasteiger partial charge in [-0.1, -0.05) is 147 Å². The number of aliphatic hydroxyl groups is 1. The van der Waals surface area contributed by atoms with Crippen LogP contribution in [0, 0.1) is 0 Å². The number of rotatable bonds is 24. The molecule has 64 heavy (non-hydrogen) atoms. The highest BCUT2D eigenvalue weighted by atomic mass is 19.3. The van der Waals surface area contributed by atoms with Crippen LogP contribution in [0.15, 0.2) is 121 Å².